The number of hydrogen-bond donors (Lipinski definition) is 2. The third-order valence-corrected chi connectivity index (χ3v) is 3.06. The van der Waals surface area contributed by atoms with Crippen LogP contribution in [-0.2, 0) is 17.6 Å². The van der Waals surface area contributed by atoms with Crippen LogP contribution in [0.15, 0.2) is 6.07 Å². The largest absolute Gasteiger partial charge is 0.480 e. The molecule has 0 fully saturated rings. The van der Waals surface area contributed by atoms with E-state index in [-0.39, 0.29) is 0 Å². The Morgan fingerprint density at radius 1 is 1.80 bits per heavy atom. The Morgan fingerprint density at radius 2 is 2.47 bits per heavy atom. The predicted molar refractivity (Wildman–Crippen MR) is 59.7 cm³/mol. The third kappa shape index (κ3) is 3.56. The standard InChI is InChI=1S/C9H15N3O2S/c1-6-3-7(12(2)11-6)4-15-5-8(10)9(13)14/h3,8H,4-5,10H2,1-2H3,(H,13,14)/t8-/m1/s1. The molecule has 0 spiro atoms. The zero-order chi connectivity index (χ0) is 11.4. The molecule has 5 nitrogen and oxygen atoms in total. The second-order valence-electron chi connectivity index (χ2n) is 3.36. The topological polar surface area (TPSA) is 81.1 Å². The van der Waals surface area contributed by atoms with Crippen LogP contribution < -0.4 is 5.73 Å². The minimum atomic E-state index is -0.955. The van der Waals surface area contributed by atoms with Gasteiger partial charge in [-0.05, 0) is 13.0 Å². The van der Waals surface area contributed by atoms with E-state index in [1.807, 2.05) is 20.0 Å². The van der Waals surface area contributed by atoms with Crippen molar-refractivity contribution < 1.29 is 9.90 Å². The van der Waals surface area contributed by atoms with E-state index in [0.29, 0.717) is 5.75 Å². The van der Waals surface area contributed by atoms with Gasteiger partial charge in [0.25, 0.3) is 0 Å². The molecular formula is C9H15N3O2S. The summed E-state index contributed by atoms with van der Waals surface area (Å²) in [5, 5.41) is 12.8. The van der Waals surface area contributed by atoms with Gasteiger partial charge < -0.3 is 10.8 Å². The summed E-state index contributed by atoms with van der Waals surface area (Å²) in [6, 6.07) is 1.20. The maximum Gasteiger partial charge on any atom is 0.321 e. The Kier molecular flexibility index (Phi) is 4.16. The number of thioether (sulfide) groups is 1. The number of carboxylic acid groups (broad SMARTS) is 1. The molecule has 0 radical (unpaired) electrons. The van der Waals surface area contributed by atoms with Crippen LogP contribution in [0.1, 0.15) is 11.4 Å². The van der Waals surface area contributed by atoms with Gasteiger partial charge in [-0.2, -0.15) is 16.9 Å². The maximum absolute atomic E-state index is 10.5. The summed E-state index contributed by atoms with van der Waals surface area (Å²) >= 11 is 1.50. The third-order valence-electron chi connectivity index (χ3n) is 1.96. The molecule has 1 aromatic heterocycles. The number of rotatable bonds is 5. The smallest absolute Gasteiger partial charge is 0.321 e. The summed E-state index contributed by atoms with van der Waals surface area (Å²) in [7, 11) is 1.88. The molecule has 0 aromatic carbocycles. The molecule has 0 saturated heterocycles. The average Bonchev–Trinajstić information content (AvgIpc) is 2.45. The minimum Gasteiger partial charge on any atom is -0.480 e. The van der Waals surface area contributed by atoms with Crippen LogP contribution in [0.3, 0.4) is 0 Å². The fraction of sp³-hybridized carbons (Fsp3) is 0.556. The van der Waals surface area contributed by atoms with Crippen molar-refractivity contribution in [2.24, 2.45) is 12.8 Å². The molecule has 0 saturated carbocycles. The number of aliphatic carboxylic acids is 1. The second-order valence-corrected chi connectivity index (χ2v) is 4.39. The van der Waals surface area contributed by atoms with Crippen molar-refractivity contribution in [3.05, 3.63) is 17.5 Å². The van der Waals surface area contributed by atoms with Gasteiger partial charge in [0.1, 0.15) is 6.04 Å². The van der Waals surface area contributed by atoms with Crippen molar-refractivity contribution in [2.45, 2.75) is 18.7 Å². The van der Waals surface area contributed by atoms with Gasteiger partial charge in [-0.15, -0.1) is 0 Å². The number of hydrogen-bond acceptors (Lipinski definition) is 4. The zero-order valence-corrected chi connectivity index (χ0v) is 9.62. The summed E-state index contributed by atoms with van der Waals surface area (Å²) in [6.45, 7) is 1.93. The highest BCUT2D eigenvalue weighted by molar-refractivity contribution is 7.98. The van der Waals surface area contributed by atoms with Crippen LogP contribution in [0.4, 0.5) is 0 Å². The van der Waals surface area contributed by atoms with Gasteiger partial charge in [0.05, 0.1) is 5.69 Å². The first-order valence-electron chi connectivity index (χ1n) is 4.56. The lowest BCUT2D eigenvalue weighted by atomic mass is 10.4. The monoisotopic (exact) mass is 229 g/mol. The van der Waals surface area contributed by atoms with Crippen molar-refractivity contribution in [3.63, 3.8) is 0 Å². The molecule has 1 rings (SSSR count). The van der Waals surface area contributed by atoms with Crippen LogP contribution in [0.5, 0.6) is 0 Å². The Hall–Kier alpha value is -1.01. The molecule has 0 amide bonds. The highest BCUT2D eigenvalue weighted by atomic mass is 32.2. The van der Waals surface area contributed by atoms with E-state index in [9.17, 15) is 4.79 Å². The van der Waals surface area contributed by atoms with Gasteiger partial charge in [-0.1, -0.05) is 0 Å². The summed E-state index contributed by atoms with van der Waals surface area (Å²) in [6.07, 6.45) is 0. The molecule has 0 unspecified atom stereocenters. The van der Waals surface area contributed by atoms with Gasteiger partial charge in [0.15, 0.2) is 0 Å². The summed E-state index contributed by atoms with van der Waals surface area (Å²) < 4.78 is 1.80. The Labute approximate surface area is 92.6 Å². The van der Waals surface area contributed by atoms with Gasteiger partial charge in [0, 0.05) is 24.2 Å². The van der Waals surface area contributed by atoms with Gasteiger partial charge in [0.2, 0.25) is 0 Å². The molecule has 3 N–H and O–H groups in total. The number of aromatic nitrogens is 2. The SMILES string of the molecule is Cc1cc(CSC[C@@H](N)C(=O)O)n(C)n1. The lowest BCUT2D eigenvalue weighted by Crippen LogP contribution is -2.32. The quantitative estimate of drug-likeness (QED) is 0.762. The van der Waals surface area contributed by atoms with Crippen LogP contribution in [0.2, 0.25) is 0 Å². The van der Waals surface area contributed by atoms with E-state index in [0.717, 1.165) is 17.1 Å². The Bertz CT molecular complexity index is 351. The molecule has 84 valence electrons. The number of aryl methyl sites for hydroxylation is 2. The first-order chi connectivity index (χ1) is 7.00. The van der Waals surface area contributed by atoms with E-state index < -0.39 is 12.0 Å². The van der Waals surface area contributed by atoms with E-state index in [1.54, 1.807) is 4.68 Å². The molecule has 0 aliphatic rings. The highest BCUT2D eigenvalue weighted by Gasteiger charge is 2.11. The van der Waals surface area contributed by atoms with Crippen molar-refractivity contribution in [1.82, 2.24) is 9.78 Å². The van der Waals surface area contributed by atoms with E-state index >= 15 is 0 Å². The van der Waals surface area contributed by atoms with Crippen LogP contribution in [0.25, 0.3) is 0 Å². The average molecular weight is 229 g/mol. The Morgan fingerprint density at radius 3 is 2.93 bits per heavy atom. The molecule has 1 atom stereocenters. The van der Waals surface area contributed by atoms with Gasteiger partial charge in [-0.25, -0.2) is 0 Å². The number of carboxylic acids is 1. The van der Waals surface area contributed by atoms with Crippen molar-refractivity contribution in [3.8, 4) is 0 Å². The van der Waals surface area contributed by atoms with Crippen molar-refractivity contribution in [1.29, 1.82) is 0 Å². The lowest BCUT2D eigenvalue weighted by molar-refractivity contribution is -0.137. The zero-order valence-electron chi connectivity index (χ0n) is 8.80. The van der Waals surface area contributed by atoms with Gasteiger partial charge >= 0.3 is 5.97 Å². The van der Waals surface area contributed by atoms with Crippen LogP contribution in [-0.4, -0.2) is 32.7 Å². The number of carbonyl (C=O) groups is 1. The second kappa shape index (κ2) is 5.18. The van der Waals surface area contributed by atoms with E-state index in [4.69, 9.17) is 10.8 Å². The van der Waals surface area contributed by atoms with Crippen LogP contribution in [0, 0.1) is 6.92 Å². The maximum atomic E-state index is 10.5. The summed E-state index contributed by atoms with van der Waals surface area (Å²) in [5.41, 5.74) is 7.43. The molecule has 1 heterocycles. The summed E-state index contributed by atoms with van der Waals surface area (Å²) in [5.74, 6) is 0.196. The van der Waals surface area contributed by atoms with E-state index in [1.165, 1.54) is 11.8 Å². The molecule has 1 aromatic rings. The summed E-state index contributed by atoms with van der Waals surface area (Å²) in [4.78, 5) is 10.5. The number of nitrogens with zero attached hydrogens (tertiary/aromatic N) is 2. The predicted octanol–water partition coefficient (Wildman–Crippen LogP) is 0.374. The first kappa shape index (κ1) is 12.1. The number of nitrogens with two attached hydrogens (primary N) is 1. The highest BCUT2D eigenvalue weighted by Crippen LogP contribution is 2.13. The molecular weight excluding hydrogens is 214 g/mol. The fourth-order valence-electron chi connectivity index (χ4n) is 1.16. The normalized spacial score (nSPS) is 12.7. The minimum absolute atomic E-state index is 0.416. The molecule has 0 bridgehead atoms. The van der Waals surface area contributed by atoms with Crippen molar-refractivity contribution in [2.75, 3.05) is 5.75 Å². The molecule has 6 heteroatoms. The van der Waals surface area contributed by atoms with Gasteiger partial charge in [-0.3, -0.25) is 9.48 Å². The van der Waals surface area contributed by atoms with E-state index in [2.05, 4.69) is 5.10 Å². The van der Waals surface area contributed by atoms with Crippen LogP contribution >= 0.6 is 11.8 Å². The lowest BCUT2D eigenvalue weighted by Gasteiger charge is -2.05. The van der Waals surface area contributed by atoms with Crippen molar-refractivity contribution >= 4 is 17.7 Å². The molecule has 15 heavy (non-hydrogen) atoms. The Balaban J connectivity index is 2.38. The fourth-order valence-corrected chi connectivity index (χ4v) is 2.15. The molecule has 0 aliphatic heterocycles. The molecule has 0 aliphatic carbocycles. The first-order valence-corrected chi connectivity index (χ1v) is 5.72.